The van der Waals surface area contributed by atoms with Crippen molar-refractivity contribution in [1.29, 1.82) is 0 Å². The van der Waals surface area contributed by atoms with Gasteiger partial charge in [0.25, 0.3) is 0 Å². The maximum Gasteiger partial charge on any atom is 0.0765 e. The van der Waals surface area contributed by atoms with E-state index in [2.05, 4.69) is 63.2 Å². The number of hydrogen-bond acceptors (Lipinski definition) is 2. The predicted molar refractivity (Wildman–Crippen MR) is 129 cm³/mol. The third-order valence-electron chi connectivity index (χ3n) is 9.42. The van der Waals surface area contributed by atoms with Crippen LogP contribution < -0.4 is 0 Å². The molecule has 0 saturated heterocycles. The van der Waals surface area contributed by atoms with Gasteiger partial charge in [-0.2, -0.15) is 0 Å². The first-order valence-corrected chi connectivity index (χ1v) is 12.8. The van der Waals surface area contributed by atoms with Crippen LogP contribution in [-0.2, 0) is 4.74 Å². The molecule has 2 nitrogen and oxygen atoms in total. The molecule has 5 rings (SSSR count). The largest absolute Gasteiger partial charge is 0.371 e. The number of aromatic nitrogens is 1. The third kappa shape index (κ3) is 3.53. The third-order valence-corrected chi connectivity index (χ3v) is 10.1. The lowest BCUT2D eigenvalue weighted by atomic mass is 9.47. The van der Waals surface area contributed by atoms with Crippen LogP contribution in [0.1, 0.15) is 78.2 Å². The number of rotatable bonds is 4. The molecule has 6 atom stereocenters. The second-order valence-electron chi connectivity index (χ2n) is 11.7. The number of fused-ring (bicyclic) bond motifs is 5. The molecule has 4 aliphatic rings. The standard InChI is InChI=1S/C28H38ClNO/c1-26(2,18-29)31-21-11-13-27(3)20(16-21)7-8-22-24-10-9-23(19-6-5-15-30-17-19)28(24,4)14-12-25(22)27/h5-7,9,15,17,21-22,24-25H,8,10-14,16,18H2,1-4H3/t21-,22-,24-,25-,27-,28+/m0/s1. The summed E-state index contributed by atoms with van der Waals surface area (Å²) in [7, 11) is 0. The summed E-state index contributed by atoms with van der Waals surface area (Å²) in [5.41, 5.74) is 5.00. The number of ether oxygens (including phenoxy) is 1. The first kappa shape index (κ1) is 21.7. The topological polar surface area (TPSA) is 22.1 Å². The molecule has 1 heterocycles. The lowest BCUT2D eigenvalue weighted by Crippen LogP contribution is -2.50. The average Bonchev–Trinajstić information content (AvgIpc) is 3.12. The number of allylic oxidation sites excluding steroid dienone is 3. The van der Waals surface area contributed by atoms with Gasteiger partial charge in [0.15, 0.2) is 0 Å². The Morgan fingerprint density at radius 2 is 1.90 bits per heavy atom. The summed E-state index contributed by atoms with van der Waals surface area (Å²) in [6.07, 6.45) is 18.1. The lowest BCUT2D eigenvalue weighted by Gasteiger charge is -2.58. The predicted octanol–water partition coefficient (Wildman–Crippen LogP) is 7.44. The van der Waals surface area contributed by atoms with E-state index in [0.29, 0.717) is 22.8 Å². The number of halogens is 1. The molecule has 1 aromatic heterocycles. The highest BCUT2D eigenvalue weighted by molar-refractivity contribution is 6.18. The fourth-order valence-corrected chi connectivity index (χ4v) is 7.81. The van der Waals surface area contributed by atoms with E-state index in [9.17, 15) is 0 Å². The Balaban J connectivity index is 1.37. The molecule has 0 amide bonds. The van der Waals surface area contributed by atoms with Crippen molar-refractivity contribution >= 4 is 17.2 Å². The van der Waals surface area contributed by atoms with Gasteiger partial charge in [0.2, 0.25) is 0 Å². The quantitative estimate of drug-likeness (QED) is 0.359. The molecule has 1 aromatic rings. The molecule has 0 aromatic carbocycles. The minimum absolute atomic E-state index is 0.234. The van der Waals surface area contributed by atoms with E-state index < -0.39 is 0 Å². The van der Waals surface area contributed by atoms with Crippen LogP contribution in [0.5, 0.6) is 0 Å². The summed E-state index contributed by atoms with van der Waals surface area (Å²) >= 11 is 6.14. The fourth-order valence-electron chi connectivity index (χ4n) is 7.75. The normalized spacial score (nSPS) is 39.8. The number of hydrogen-bond donors (Lipinski definition) is 0. The summed E-state index contributed by atoms with van der Waals surface area (Å²) in [4.78, 5) is 4.41. The van der Waals surface area contributed by atoms with Crippen molar-refractivity contribution in [3.8, 4) is 0 Å². The van der Waals surface area contributed by atoms with Gasteiger partial charge >= 0.3 is 0 Å². The number of nitrogens with zero attached hydrogens (tertiary/aromatic N) is 1. The second kappa shape index (κ2) is 7.73. The second-order valence-corrected chi connectivity index (χ2v) is 12.0. The summed E-state index contributed by atoms with van der Waals surface area (Å²) < 4.78 is 6.42. The van der Waals surface area contributed by atoms with Gasteiger partial charge in [-0.1, -0.05) is 37.6 Å². The molecule has 0 N–H and O–H groups in total. The van der Waals surface area contributed by atoms with Gasteiger partial charge in [0, 0.05) is 12.4 Å². The van der Waals surface area contributed by atoms with Gasteiger partial charge in [-0.3, -0.25) is 4.98 Å². The van der Waals surface area contributed by atoms with E-state index >= 15 is 0 Å². The molecule has 0 aliphatic heterocycles. The van der Waals surface area contributed by atoms with E-state index in [1.165, 1.54) is 44.1 Å². The van der Waals surface area contributed by atoms with Gasteiger partial charge in [-0.05, 0) is 105 Å². The molecule has 0 radical (unpaired) electrons. The van der Waals surface area contributed by atoms with Gasteiger partial charge in [-0.25, -0.2) is 0 Å². The zero-order valence-electron chi connectivity index (χ0n) is 19.7. The maximum absolute atomic E-state index is 6.42. The van der Waals surface area contributed by atoms with Crippen LogP contribution in [-0.4, -0.2) is 22.6 Å². The molecule has 3 heteroatoms. The summed E-state index contributed by atoms with van der Waals surface area (Å²) in [6.45, 7) is 9.36. The monoisotopic (exact) mass is 439 g/mol. The molecule has 31 heavy (non-hydrogen) atoms. The van der Waals surface area contributed by atoms with Gasteiger partial charge < -0.3 is 4.74 Å². The van der Waals surface area contributed by atoms with Gasteiger partial charge in [-0.15, -0.1) is 11.6 Å². The smallest absolute Gasteiger partial charge is 0.0765 e. The zero-order chi connectivity index (χ0) is 21.9. The van der Waals surface area contributed by atoms with Gasteiger partial charge in [0.05, 0.1) is 17.6 Å². The summed E-state index contributed by atoms with van der Waals surface area (Å²) in [5, 5.41) is 0. The molecule has 2 saturated carbocycles. The molecule has 0 bridgehead atoms. The van der Waals surface area contributed by atoms with Crippen molar-refractivity contribution in [2.24, 2.45) is 28.6 Å². The van der Waals surface area contributed by atoms with Crippen molar-refractivity contribution < 1.29 is 4.74 Å². The fraction of sp³-hybridized carbons (Fsp3) is 0.679. The van der Waals surface area contributed by atoms with Crippen molar-refractivity contribution in [2.75, 3.05) is 5.88 Å². The van der Waals surface area contributed by atoms with Crippen LogP contribution >= 0.6 is 11.6 Å². The Morgan fingerprint density at radius 3 is 2.65 bits per heavy atom. The van der Waals surface area contributed by atoms with Crippen LogP contribution in [0.2, 0.25) is 0 Å². The summed E-state index contributed by atoms with van der Waals surface area (Å²) in [5.74, 6) is 2.93. The van der Waals surface area contributed by atoms with Crippen molar-refractivity contribution in [3.05, 3.63) is 47.8 Å². The Labute approximate surface area is 193 Å². The Bertz CT molecular complexity index is 890. The van der Waals surface area contributed by atoms with Crippen LogP contribution in [0.15, 0.2) is 42.3 Å². The minimum Gasteiger partial charge on any atom is -0.371 e. The SMILES string of the molecule is CC(C)(CCl)O[C@H]1CC[C@@]2(C)C(=CC[C@@H]3[C@@H]2CC[C@]2(C)C(c4cccnc4)=CC[C@@H]32)C1. The van der Waals surface area contributed by atoms with Gasteiger partial charge in [0.1, 0.15) is 0 Å². The highest BCUT2D eigenvalue weighted by Crippen LogP contribution is 2.66. The first-order chi connectivity index (χ1) is 14.8. The summed E-state index contributed by atoms with van der Waals surface area (Å²) in [6, 6.07) is 4.34. The molecular formula is C28H38ClNO. The van der Waals surface area contributed by atoms with E-state index in [-0.39, 0.29) is 5.60 Å². The lowest BCUT2D eigenvalue weighted by molar-refractivity contribution is -0.0879. The van der Waals surface area contributed by atoms with E-state index in [1.807, 2.05) is 6.20 Å². The Hall–Kier alpha value is -1.12. The Kier molecular flexibility index (Phi) is 5.42. The number of alkyl halides is 1. The first-order valence-electron chi connectivity index (χ1n) is 12.3. The van der Waals surface area contributed by atoms with E-state index in [1.54, 1.807) is 11.1 Å². The van der Waals surface area contributed by atoms with Crippen LogP contribution in [0.25, 0.3) is 5.57 Å². The average molecular weight is 440 g/mol. The maximum atomic E-state index is 6.42. The Morgan fingerprint density at radius 1 is 1.10 bits per heavy atom. The molecule has 2 fully saturated rings. The molecule has 0 spiro atoms. The van der Waals surface area contributed by atoms with Crippen LogP contribution in [0.3, 0.4) is 0 Å². The van der Waals surface area contributed by atoms with Crippen LogP contribution in [0, 0.1) is 28.6 Å². The highest BCUT2D eigenvalue weighted by Gasteiger charge is 2.57. The molecule has 168 valence electrons. The van der Waals surface area contributed by atoms with E-state index in [0.717, 1.165) is 24.2 Å². The minimum atomic E-state index is -0.234. The molecule has 0 unspecified atom stereocenters. The van der Waals surface area contributed by atoms with E-state index in [4.69, 9.17) is 16.3 Å². The van der Waals surface area contributed by atoms with Crippen molar-refractivity contribution in [2.45, 2.75) is 84.3 Å². The number of pyridine rings is 1. The van der Waals surface area contributed by atoms with Crippen molar-refractivity contribution in [1.82, 2.24) is 4.98 Å². The van der Waals surface area contributed by atoms with Crippen LogP contribution in [0.4, 0.5) is 0 Å². The highest BCUT2D eigenvalue weighted by atomic mass is 35.5. The molecular weight excluding hydrogens is 402 g/mol. The molecule has 4 aliphatic carbocycles. The zero-order valence-corrected chi connectivity index (χ0v) is 20.4. The van der Waals surface area contributed by atoms with Crippen molar-refractivity contribution in [3.63, 3.8) is 0 Å².